The highest BCUT2D eigenvalue weighted by Crippen LogP contribution is 2.25. The minimum absolute atomic E-state index is 0.0927. The number of nitrogens with one attached hydrogen (secondary N) is 1. The van der Waals surface area contributed by atoms with E-state index >= 15 is 0 Å². The third-order valence-electron chi connectivity index (χ3n) is 4.45. The van der Waals surface area contributed by atoms with Crippen molar-refractivity contribution in [1.29, 1.82) is 0 Å². The number of nitrogen functional groups attached to an aromatic ring is 1. The quantitative estimate of drug-likeness (QED) is 0.686. The van der Waals surface area contributed by atoms with Gasteiger partial charge in [-0.25, -0.2) is 0 Å². The molecule has 0 amide bonds. The van der Waals surface area contributed by atoms with Crippen LogP contribution in [0.5, 0.6) is 0 Å². The van der Waals surface area contributed by atoms with Crippen molar-refractivity contribution < 1.29 is 4.42 Å². The molecule has 3 aromatic rings. The highest BCUT2D eigenvalue weighted by Gasteiger charge is 2.14. The molecule has 0 saturated carbocycles. The molecule has 3 N–H and O–H groups in total. The van der Waals surface area contributed by atoms with Gasteiger partial charge in [-0.15, -0.1) is 0 Å². The van der Waals surface area contributed by atoms with Gasteiger partial charge in [0.2, 0.25) is 5.88 Å². The molecule has 0 fully saturated rings. The smallest absolute Gasteiger partial charge is 0.200 e. The molecule has 0 bridgehead atoms. The molecule has 4 nitrogen and oxygen atoms in total. The zero-order valence-electron chi connectivity index (χ0n) is 15.1. The summed E-state index contributed by atoms with van der Waals surface area (Å²) < 4.78 is 5.86. The highest BCUT2D eigenvalue weighted by atomic mass is 16.3. The Kier molecular flexibility index (Phi) is 4.29. The lowest BCUT2D eigenvalue weighted by molar-refractivity contribution is 0.589. The molecule has 0 aliphatic rings. The second-order valence-corrected chi connectivity index (χ2v) is 7.41. The Balaban J connectivity index is 1.86. The van der Waals surface area contributed by atoms with Crippen molar-refractivity contribution >= 4 is 22.5 Å². The van der Waals surface area contributed by atoms with E-state index < -0.39 is 0 Å². The summed E-state index contributed by atoms with van der Waals surface area (Å²) in [5.74, 6) is 0.489. The Morgan fingerprint density at radius 3 is 2.40 bits per heavy atom. The number of benzene rings is 2. The molecule has 0 saturated heterocycles. The molecule has 0 aliphatic heterocycles. The van der Waals surface area contributed by atoms with E-state index in [4.69, 9.17) is 10.2 Å². The Bertz CT molecular complexity index is 964. The van der Waals surface area contributed by atoms with E-state index in [0.29, 0.717) is 34.6 Å². The number of hydrogen-bond acceptors (Lipinski definition) is 4. The van der Waals surface area contributed by atoms with Crippen LogP contribution < -0.4 is 16.5 Å². The fraction of sp³-hybridized carbons (Fsp3) is 0.286. The zero-order valence-corrected chi connectivity index (χ0v) is 15.1. The molecule has 0 unspecified atom stereocenters. The largest absolute Gasteiger partial charge is 0.440 e. The second kappa shape index (κ2) is 6.28. The molecule has 0 atom stereocenters. The standard InChI is InChI=1S/C21H24N2O2/c1-13-19(24)18-16(22)6-5-7-17(18)25-20(13)23-12-14-8-10-15(11-9-14)21(2,3)4/h5-11,23H,12,22H2,1-4H3. The summed E-state index contributed by atoms with van der Waals surface area (Å²) in [6.07, 6.45) is 0. The van der Waals surface area contributed by atoms with Crippen molar-refractivity contribution in [2.24, 2.45) is 0 Å². The molecule has 1 aromatic heterocycles. The zero-order chi connectivity index (χ0) is 18.2. The van der Waals surface area contributed by atoms with Crippen molar-refractivity contribution in [3.05, 3.63) is 69.4 Å². The van der Waals surface area contributed by atoms with Gasteiger partial charge in [-0.3, -0.25) is 4.79 Å². The van der Waals surface area contributed by atoms with Crippen LogP contribution in [0, 0.1) is 6.92 Å². The van der Waals surface area contributed by atoms with Crippen molar-refractivity contribution in [3.8, 4) is 0 Å². The predicted octanol–water partition coefficient (Wildman–Crippen LogP) is 4.59. The molecular formula is C21H24N2O2. The SMILES string of the molecule is Cc1c(NCc2ccc(C(C)(C)C)cc2)oc2cccc(N)c2c1=O. The van der Waals surface area contributed by atoms with Gasteiger partial charge < -0.3 is 15.5 Å². The minimum atomic E-state index is -0.0927. The fourth-order valence-corrected chi connectivity index (χ4v) is 2.83. The van der Waals surface area contributed by atoms with Gasteiger partial charge in [-0.1, -0.05) is 51.1 Å². The van der Waals surface area contributed by atoms with Gasteiger partial charge >= 0.3 is 0 Å². The van der Waals surface area contributed by atoms with Crippen LogP contribution >= 0.6 is 0 Å². The number of anilines is 2. The molecule has 4 heteroatoms. The Morgan fingerprint density at radius 2 is 1.76 bits per heavy atom. The Labute approximate surface area is 147 Å². The van der Waals surface area contributed by atoms with Gasteiger partial charge in [-0.05, 0) is 35.6 Å². The minimum Gasteiger partial charge on any atom is -0.440 e. The number of nitrogens with two attached hydrogens (primary N) is 1. The maximum absolute atomic E-state index is 12.6. The summed E-state index contributed by atoms with van der Waals surface area (Å²) in [6.45, 7) is 8.92. The van der Waals surface area contributed by atoms with Crippen molar-refractivity contribution in [3.63, 3.8) is 0 Å². The molecule has 2 aromatic carbocycles. The van der Waals surface area contributed by atoms with E-state index in [9.17, 15) is 4.79 Å². The van der Waals surface area contributed by atoms with Crippen molar-refractivity contribution in [2.45, 2.75) is 39.7 Å². The summed E-state index contributed by atoms with van der Waals surface area (Å²) in [4.78, 5) is 12.6. The van der Waals surface area contributed by atoms with Crippen LogP contribution in [0.1, 0.15) is 37.5 Å². The number of fused-ring (bicyclic) bond motifs is 1. The summed E-state index contributed by atoms with van der Waals surface area (Å²) >= 11 is 0. The summed E-state index contributed by atoms with van der Waals surface area (Å²) in [5.41, 5.74) is 9.85. The van der Waals surface area contributed by atoms with E-state index in [1.807, 2.05) is 0 Å². The van der Waals surface area contributed by atoms with Gasteiger partial charge in [0.1, 0.15) is 5.58 Å². The first-order valence-electron chi connectivity index (χ1n) is 8.42. The first-order chi connectivity index (χ1) is 11.8. The van der Waals surface area contributed by atoms with Gasteiger partial charge in [0.05, 0.1) is 10.9 Å². The van der Waals surface area contributed by atoms with Gasteiger partial charge in [0.15, 0.2) is 5.43 Å². The van der Waals surface area contributed by atoms with E-state index in [-0.39, 0.29) is 10.8 Å². The number of rotatable bonds is 3. The highest BCUT2D eigenvalue weighted by molar-refractivity contribution is 5.89. The third-order valence-corrected chi connectivity index (χ3v) is 4.45. The van der Waals surface area contributed by atoms with Gasteiger partial charge in [-0.2, -0.15) is 0 Å². The van der Waals surface area contributed by atoms with Crippen LogP contribution in [0.2, 0.25) is 0 Å². The van der Waals surface area contributed by atoms with E-state index in [1.165, 1.54) is 5.56 Å². The van der Waals surface area contributed by atoms with Crippen LogP contribution in [0.3, 0.4) is 0 Å². The Morgan fingerprint density at radius 1 is 1.08 bits per heavy atom. The van der Waals surface area contributed by atoms with Crippen LogP contribution in [-0.2, 0) is 12.0 Å². The van der Waals surface area contributed by atoms with E-state index in [1.54, 1.807) is 25.1 Å². The molecule has 25 heavy (non-hydrogen) atoms. The molecule has 0 spiro atoms. The maximum Gasteiger partial charge on any atom is 0.200 e. The first-order valence-corrected chi connectivity index (χ1v) is 8.42. The second-order valence-electron chi connectivity index (χ2n) is 7.41. The maximum atomic E-state index is 12.6. The fourth-order valence-electron chi connectivity index (χ4n) is 2.83. The predicted molar refractivity (Wildman–Crippen MR) is 104 cm³/mol. The lowest BCUT2D eigenvalue weighted by Crippen LogP contribution is -2.13. The third kappa shape index (κ3) is 3.38. The lowest BCUT2D eigenvalue weighted by Gasteiger charge is -2.19. The van der Waals surface area contributed by atoms with E-state index in [0.717, 1.165) is 5.56 Å². The topological polar surface area (TPSA) is 68.3 Å². The van der Waals surface area contributed by atoms with Crippen LogP contribution in [0.4, 0.5) is 11.6 Å². The molecule has 1 heterocycles. The summed E-state index contributed by atoms with van der Waals surface area (Å²) in [5, 5.41) is 3.68. The Hall–Kier alpha value is -2.75. The van der Waals surface area contributed by atoms with Crippen molar-refractivity contribution in [2.75, 3.05) is 11.1 Å². The average Bonchev–Trinajstić information content (AvgIpc) is 2.56. The first kappa shape index (κ1) is 17.1. The van der Waals surface area contributed by atoms with Crippen LogP contribution in [-0.4, -0.2) is 0 Å². The molecule has 3 rings (SSSR count). The molecular weight excluding hydrogens is 312 g/mol. The van der Waals surface area contributed by atoms with Crippen LogP contribution in [0.25, 0.3) is 11.0 Å². The monoisotopic (exact) mass is 336 g/mol. The average molecular weight is 336 g/mol. The molecule has 0 radical (unpaired) electrons. The van der Waals surface area contributed by atoms with E-state index in [2.05, 4.69) is 50.4 Å². The number of hydrogen-bond donors (Lipinski definition) is 2. The summed E-state index contributed by atoms with van der Waals surface area (Å²) in [6, 6.07) is 13.7. The van der Waals surface area contributed by atoms with Gasteiger partial charge in [0.25, 0.3) is 0 Å². The van der Waals surface area contributed by atoms with Crippen LogP contribution in [0.15, 0.2) is 51.7 Å². The van der Waals surface area contributed by atoms with Crippen molar-refractivity contribution in [1.82, 2.24) is 0 Å². The molecule has 130 valence electrons. The summed E-state index contributed by atoms with van der Waals surface area (Å²) in [7, 11) is 0. The molecule has 0 aliphatic carbocycles. The lowest BCUT2D eigenvalue weighted by atomic mass is 9.87. The van der Waals surface area contributed by atoms with Gasteiger partial charge in [0, 0.05) is 12.2 Å². The normalized spacial score (nSPS) is 11.7.